The average Bonchev–Trinajstić information content (AvgIpc) is 2.68. The van der Waals surface area contributed by atoms with Crippen LogP contribution in [0, 0.1) is 0 Å². The summed E-state index contributed by atoms with van der Waals surface area (Å²) in [5.41, 5.74) is 2.61. The van der Waals surface area contributed by atoms with Crippen LogP contribution in [0.1, 0.15) is 32.3 Å². The number of fused-ring (bicyclic) bond motifs is 1. The van der Waals surface area contributed by atoms with Crippen molar-refractivity contribution in [1.29, 1.82) is 0 Å². The molecular weight excluding hydrogens is 244 g/mol. The van der Waals surface area contributed by atoms with Gasteiger partial charge in [0.15, 0.2) is 0 Å². The summed E-state index contributed by atoms with van der Waals surface area (Å²) in [6.07, 6.45) is 4.56. The van der Waals surface area contributed by atoms with Crippen LogP contribution < -0.4 is 5.32 Å². The van der Waals surface area contributed by atoms with E-state index in [0.717, 1.165) is 31.1 Å². The van der Waals surface area contributed by atoms with Crippen LogP contribution in [0.4, 0.5) is 0 Å². The van der Waals surface area contributed by atoms with Crippen molar-refractivity contribution >= 4 is 22.5 Å². The Balaban J connectivity index is 2.34. The quantitative estimate of drug-likeness (QED) is 0.774. The summed E-state index contributed by atoms with van der Waals surface area (Å²) in [6.45, 7) is 7.43. The topological polar surface area (TPSA) is 17.0 Å². The third-order valence-corrected chi connectivity index (χ3v) is 3.37. The standard InChI is InChI=1S/C15H21ClN2/c1-3-7-17-10-12-11-18(8-4-2)15-9-13(16)5-6-14(12)15/h5-6,9,11,17H,3-4,7-8,10H2,1-2H3. The highest BCUT2D eigenvalue weighted by Gasteiger charge is 2.08. The third-order valence-electron chi connectivity index (χ3n) is 3.13. The molecule has 0 unspecified atom stereocenters. The van der Waals surface area contributed by atoms with Crippen molar-refractivity contribution in [3.63, 3.8) is 0 Å². The number of aromatic nitrogens is 1. The number of nitrogens with one attached hydrogen (secondary N) is 1. The van der Waals surface area contributed by atoms with Gasteiger partial charge in [0.1, 0.15) is 0 Å². The SMILES string of the molecule is CCCNCc1cn(CCC)c2cc(Cl)ccc12. The van der Waals surface area contributed by atoms with Crippen molar-refractivity contribution in [2.75, 3.05) is 6.54 Å². The Kier molecular flexibility index (Phi) is 4.67. The zero-order valence-corrected chi connectivity index (χ0v) is 11.9. The highest BCUT2D eigenvalue weighted by molar-refractivity contribution is 6.31. The molecule has 0 saturated heterocycles. The van der Waals surface area contributed by atoms with E-state index in [1.54, 1.807) is 0 Å². The molecule has 1 N–H and O–H groups in total. The number of rotatable bonds is 6. The first-order valence-corrected chi connectivity index (χ1v) is 7.12. The molecule has 2 aromatic rings. The molecule has 0 aliphatic heterocycles. The summed E-state index contributed by atoms with van der Waals surface area (Å²) in [5.74, 6) is 0. The van der Waals surface area contributed by atoms with Gasteiger partial charge in [-0.3, -0.25) is 0 Å². The molecule has 0 spiro atoms. The molecule has 2 rings (SSSR count). The number of aryl methyl sites for hydroxylation is 1. The van der Waals surface area contributed by atoms with Crippen LogP contribution in [0.5, 0.6) is 0 Å². The summed E-state index contributed by atoms with van der Waals surface area (Å²) >= 11 is 6.10. The summed E-state index contributed by atoms with van der Waals surface area (Å²) < 4.78 is 2.31. The van der Waals surface area contributed by atoms with E-state index in [1.165, 1.54) is 22.9 Å². The Morgan fingerprint density at radius 1 is 1.22 bits per heavy atom. The average molecular weight is 265 g/mol. The zero-order valence-electron chi connectivity index (χ0n) is 11.2. The van der Waals surface area contributed by atoms with E-state index in [9.17, 15) is 0 Å². The number of hydrogen-bond acceptors (Lipinski definition) is 1. The fourth-order valence-electron chi connectivity index (χ4n) is 2.31. The Bertz CT molecular complexity index is 516. The zero-order chi connectivity index (χ0) is 13.0. The van der Waals surface area contributed by atoms with E-state index in [0.29, 0.717) is 0 Å². The van der Waals surface area contributed by atoms with Crippen molar-refractivity contribution in [3.05, 3.63) is 35.0 Å². The molecule has 1 aromatic carbocycles. The number of hydrogen-bond donors (Lipinski definition) is 1. The lowest BCUT2D eigenvalue weighted by Crippen LogP contribution is -2.13. The van der Waals surface area contributed by atoms with E-state index in [-0.39, 0.29) is 0 Å². The summed E-state index contributed by atoms with van der Waals surface area (Å²) in [5, 5.41) is 5.59. The maximum absolute atomic E-state index is 6.10. The van der Waals surface area contributed by atoms with Crippen LogP contribution >= 0.6 is 11.6 Å². The summed E-state index contributed by atoms with van der Waals surface area (Å²) in [4.78, 5) is 0. The van der Waals surface area contributed by atoms with E-state index in [1.807, 2.05) is 6.07 Å². The first kappa shape index (κ1) is 13.4. The van der Waals surface area contributed by atoms with E-state index in [4.69, 9.17) is 11.6 Å². The molecule has 1 heterocycles. The minimum absolute atomic E-state index is 0.811. The first-order chi connectivity index (χ1) is 8.76. The maximum Gasteiger partial charge on any atom is 0.0498 e. The van der Waals surface area contributed by atoms with Gasteiger partial charge in [0.05, 0.1) is 0 Å². The molecule has 0 fully saturated rings. The monoisotopic (exact) mass is 264 g/mol. The van der Waals surface area contributed by atoms with Crippen LogP contribution in [-0.4, -0.2) is 11.1 Å². The van der Waals surface area contributed by atoms with Gasteiger partial charge in [0.25, 0.3) is 0 Å². The van der Waals surface area contributed by atoms with Gasteiger partial charge in [-0.05, 0) is 37.1 Å². The molecule has 0 aliphatic carbocycles. The molecule has 0 bridgehead atoms. The molecule has 2 nitrogen and oxygen atoms in total. The predicted molar refractivity (Wildman–Crippen MR) is 79.2 cm³/mol. The van der Waals surface area contributed by atoms with Crippen molar-refractivity contribution < 1.29 is 0 Å². The Hall–Kier alpha value is -0.990. The van der Waals surface area contributed by atoms with E-state index in [2.05, 4.69) is 42.1 Å². The smallest absolute Gasteiger partial charge is 0.0498 e. The van der Waals surface area contributed by atoms with E-state index >= 15 is 0 Å². The largest absolute Gasteiger partial charge is 0.347 e. The molecule has 0 amide bonds. The fourth-order valence-corrected chi connectivity index (χ4v) is 2.47. The first-order valence-electron chi connectivity index (χ1n) is 6.74. The Morgan fingerprint density at radius 2 is 2.06 bits per heavy atom. The van der Waals surface area contributed by atoms with Gasteiger partial charge >= 0.3 is 0 Å². The Labute approximate surface area is 114 Å². The molecule has 18 heavy (non-hydrogen) atoms. The van der Waals surface area contributed by atoms with Crippen LogP contribution in [0.15, 0.2) is 24.4 Å². The van der Waals surface area contributed by atoms with Crippen LogP contribution in [0.2, 0.25) is 5.02 Å². The maximum atomic E-state index is 6.10. The molecule has 3 heteroatoms. The van der Waals surface area contributed by atoms with Crippen molar-refractivity contribution in [2.45, 2.75) is 39.8 Å². The summed E-state index contributed by atoms with van der Waals surface area (Å²) in [6, 6.07) is 6.17. The van der Waals surface area contributed by atoms with Gasteiger partial charge in [-0.15, -0.1) is 0 Å². The van der Waals surface area contributed by atoms with Crippen LogP contribution in [0.25, 0.3) is 10.9 Å². The highest BCUT2D eigenvalue weighted by atomic mass is 35.5. The lowest BCUT2D eigenvalue weighted by Gasteiger charge is -2.02. The molecule has 0 atom stereocenters. The van der Waals surface area contributed by atoms with Gasteiger partial charge in [-0.25, -0.2) is 0 Å². The number of halogens is 1. The van der Waals surface area contributed by atoms with Crippen LogP contribution in [0.3, 0.4) is 0 Å². The molecular formula is C15H21ClN2. The molecule has 0 saturated carbocycles. The second kappa shape index (κ2) is 6.26. The van der Waals surface area contributed by atoms with E-state index < -0.39 is 0 Å². The Morgan fingerprint density at radius 3 is 2.78 bits per heavy atom. The molecule has 0 radical (unpaired) electrons. The molecule has 0 aliphatic rings. The van der Waals surface area contributed by atoms with Crippen molar-refractivity contribution in [1.82, 2.24) is 9.88 Å². The minimum Gasteiger partial charge on any atom is -0.347 e. The normalized spacial score (nSPS) is 11.3. The van der Waals surface area contributed by atoms with Gasteiger partial charge in [-0.2, -0.15) is 0 Å². The van der Waals surface area contributed by atoms with Crippen LogP contribution in [-0.2, 0) is 13.1 Å². The fraction of sp³-hybridized carbons (Fsp3) is 0.467. The van der Waals surface area contributed by atoms with Gasteiger partial charge in [0, 0.05) is 35.2 Å². The van der Waals surface area contributed by atoms with Crippen molar-refractivity contribution in [2.24, 2.45) is 0 Å². The summed E-state index contributed by atoms with van der Waals surface area (Å²) in [7, 11) is 0. The van der Waals surface area contributed by atoms with Crippen molar-refractivity contribution in [3.8, 4) is 0 Å². The number of nitrogens with zero attached hydrogens (tertiary/aromatic N) is 1. The van der Waals surface area contributed by atoms with Gasteiger partial charge < -0.3 is 9.88 Å². The predicted octanol–water partition coefficient (Wildman–Crippen LogP) is 4.20. The minimum atomic E-state index is 0.811. The van der Waals surface area contributed by atoms with Gasteiger partial charge in [0.2, 0.25) is 0 Å². The highest BCUT2D eigenvalue weighted by Crippen LogP contribution is 2.25. The number of benzene rings is 1. The second-order valence-corrected chi connectivity index (χ2v) is 5.12. The second-order valence-electron chi connectivity index (χ2n) is 4.69. The van der Waals surface area contributed by atoms with Gasteiger partial charge in [-0.1, -0.05) is 31.5 Å². The molecule has 98 valence electrons. The molecule has 1 aromatic heterocycles. The third kappa shape index (κ3) is 2.88. The lowest BCUT2D eigenvalue weighted by atomic mass is 10.2. The lowest BCUT2D eigenvalue weighted by molar-refractivity contribution is 0.667.